The molecular formula is C23H34F3N3O5S. The summed E-state index contributed by atoms with van der Waals surface area (Å²) < 4.78 is 77.7. The van der Waals surface area contributed by atoms with Crippen LogP contribution in [0, 0.1) is 11.7 Å². The van der Waals surface area contributed by atoms with Gasteiger partial charge in [0.25, 0.3) is 16.6 Å². The van der Waals surface area contributed by atoms with Crippen LogP contribution in [0.5, 0.6) is 0 Å². The number of carbonyl (C=O) groups is 1. The van der Waals surface area contributed by atoms with E-state index in [1.54, 1.807) is 12.1 Å². The van der Waals surface area contributed by atoms with Crippen molar-refractivity contribution in [1.29, 1.82) is 0 Å². The predicted molar refractivity (Wildman–Crippen MR) is 124 cm³/mol. The monoisotopic (exact) mass is 521 g/mol. The summed E-state index contributed by atoms with van der Waals surface area (Å²) in [5, 5.41) is 0. The third kappa shape index (κ3) is 8.06. The fourth-order valence-electron chi connectivity index (χ4n) is 4.63. The van der Waals surface area contributed by atoms with E-state index in [1.165, 1.54) is 25.1 Å². The highest BCUT2D eigenvalue weighted by molar-refractivity contribution is 7.87. The summed E-state index contributed by atoms with van der Waals surface area (Å²) >= 11 is 0. The molecule has 1 aromatic carbocycles. The molecule has 0 aromatic heterocycles. The van der Waals surface area contributed by atoms with Gasteiger partial charge in [-0.25, -0.2) is 18.0 Å². The Morgan fingerprint density at radius 3 is 2.54 bits per heavy atom. The summed E-state index contributed by atoms with van der Waals surface area (Å²) in [5.74, 6) is -0.362. The summed E-state index contributed by atoms with van der Waals surface area (Å²) in [7, 11) is -0.875. The van der Waals surface area contributed by atoms with Crippen molar-refractivity contribution in [3.05, 3.63) is 35.6 Å². The van der Waals surface area contributed by atoms with E-state index in [4.69, 9.17) is 4.74 Å². The second-order valence-electron chi connectivity index (χ2n) is 9.34. The lowest BCUT2D eigenvalue weighted by molar-refractivity contribution is -0.0206. The van der Waals surface area contributed by atoms with E-state index in [2.05, 4.69) is 9.46 Å². The zero-order chi connectivity index (χ0) is 25.6. The number of hydrogen-bond acceptors (Lipinski definition) is 5. The van der Waals surface area contributed by atoms with Crippen LogP contribution < -0.4 is 4.72 Å². The van der Waals surface area contributed by atoms with Gasteiger partial charge in [0, 0.05) is 39.1 Å². The topological polar surface area (TPSA) is 88.2 Å². The maximum absolute atomic E-state index is 13.6. The quantitative estimate of drug-likeness (QED) is 0.539. The first-order valence-corrected chi connectivity index (χ1v) is 13.3. The molecule has 12 heteroatoms. The first-order valence-electron chi connectivity index (χ1n) is 11.8. The van der Waals surface area contributed by atoms with Crippen LogP contribution >= 0.6 is 0 Å². The number of hydrogen-bond donors (Lipinski definition) is 1. The molecule has 1 N–H and O–H groups in total. The maximum atomic E-state index is 13.6. The number of nitrogens with one attached hydrogen (secondary N) is 1. The number of alkyl halides is 2. The Kier molecular flexibility index (Phi) is 9.79. The third-order valence-corrected chi connectivity index (χ3v) is 8.21. The van der Waals surface area contributed by atoms with Crippen molar-refractivity contribution in [1.82, 2.24) is 13.9 Å². The molecule has 8 nitrogen and oxygen atoms in total. The van der Waals surface area contributed by atoms with Gasteiger partial charge >= 0.3 is 6.09 Å². The minimum Gasteiger partial charge on any atom is -0.443 e. The first kappa shape index (κ1) is 27.7. The zero-order valence-electron chi connectivity index (χ0n) is 20.0. The van der Waals surface area contributed by atoms with Crippen molar-refractivity contribution in [3.8, 4) is 0 Å². The van der Waals surface area contributed by atoms with E-state index < -0.39 is 35.4 Å². The van der Waals surface area contributed by atoms with Gasteiger partial charge in [0.1, 0.15) is 5.82 Å². The Morgan fingerprint density at radius 2 is 1.91 bits per heavy atom. The molecule has 0 bridgehead atoms. The van der Waals surface area contributed by atoms with Crippen LogP contribution in [-0.2, 0) is 19.7 Å². The summed E-state index contributed by atoms with van der Waals surface area (Å²) in [4.78, 5) is 13.5. The van der Waals surface area contributed by atoms with E-state index in [9.17, 15) is 26.4 Å². The fourth-order valence-corrected chi connectivity index (χ4v) is 5.53. The number of carbonyl (C=O) groups excluding carboxylic acids is 1. The summed E-state index contributed by atoms with van der Waals surface area (Å²) in [6.07, 6.45) is -0.0817. The normalized spacial score (nSPS) is 25.7. The Balaban J connectivity index is 1.58. The van der Waals surface area contributed by atoms with Crippen LogP contribution in [0.25, 0.3) is 0 Å². The van der Waals surface area contributed by atoms with Crippen LogP contribution in [0.2, 0.25) is 0 Å². The standard InChI is InChI=1S/C23H34F3N3O5S/c1-28(2)35(31,32)27-21-10-11-29(23(30)34-15-22(25)26)13-18(21)14-33-20-8-6-16(7-9-20)17-4-3-5-19(24)12-17/h3-5,12,16,18,20-22,27H,6-11,13-15H2,1-2H3/t16-,18?,20+,21?. The lowest BCUT2D eigenvalue weighted by atomic mass is 9.82. The second-order valence-corrected chi connectivity index (χ2v) is 11.3. The van der Waals surface area contributed by atoms with Crippen molar-refractivity contribution in [2.75, 3.05) is 40.4 Å². The number of amides is 1. The Bertz CT molecular complexity index is 942. The zero-order valence-corrected chi connectivity index (χ0v) is 20.9. The van der Waals surface area contributed by atoms with Gasteiger partial charge in [-0.3, -0.25) is 0 Å². The minimum atomic E-state index is -3.71. The highest BCUT2D eigenvalue weighted by atomic mass is 32.2. The highest BCUT2D eigenvalue weighted by Crippen LogP contribution is 2.34. The highest BCUT2D eigenvalue weighted by Gasteiger charge is 2.36. The van der Waals surface area contributed by atoms with Gasteiger partial charge in [-0.1, -0.05) is 12.1 Å². The number of likely N-dealkylation sites (tertiary alicyclic amines) is 1. The lowest BCUT2D eigenvalue weighted by Gasteiger charge is -2.39. The molecule has 0 radical (unpaired) electrons. The molecule has 0 spiro atoms. The Hall–Kier alpha value is -1.89. The summed E-state index contributed by atoms with van der Waals surface area (Å²) in [6, 6.07) is 6.15. The van der Waals surface area contributed by atoms with Crippen LogP contribution in [0.3, 0.4) is 0 Å². The van der Waals surface area contributed by atoms with Crippen molar-refractivity contribution in [2.45, 2.75) is 56.6 Å². The van der Waals surface area contributed by atoms with Gasteiger partial charge in [0.15, 0.2) is 6.61 Å². The summed E-state index contributed by atoms with van der Waals surface area (Å²) in [6.45, 7) is -0.477. The van der Waals surface area contributed by atoms with E-state index in [0.717, 1.165) is 35.6 Å². The number of nitrogens with zero attached hydrogens (tertiary/aromatic N) is 2. The smallest absolute Gasteiger partial charge is 0.409 e. The van der Waals surface area contributed by atoms with E-state index in [0.29, 0.717) is 6.42 Å². The van der Waals surface area contributed by atoms with Gasteiger partial charge in [-0.15, -0.1) is 0 Å². The molecule has 2 aliphatic rings. The molecular weight excluding hydrogens is 487 g/mol. The first-order chi connectivity index (χ1) is 16.5. The number of halogens is 3. The van der Waals surface area contributed by atoms with Crippen LogP contribution in [0.4, 0.5) is 18.0 Å². The van der Waals surface area contributed by atoms with Crippen LogP contribution in [0.15, 0.2) is 24.3 Å². The van der Waals surface area contributed by atoms with Gasteiger partial charge in [-0.05, 0) is 55.7 Å². The van der Waals surface area contributed by atoms with Crippen molar-refractivity contribution in [2.24, 2.45) is 5.92 Å². The molecule has 2 atom stereocenters. The average molecular weight is 522 g/mol. The van der Waals surface area contributed by atoms with Gasteiger partial charge < -0.3 is 14.4 Å². The molecule has 1 amide bonds. The second kappa shape index (κ2) is 12.4. The van der Waals surface area contributed by atoms with Crippen molar-refractivity contribution in [3.63, 3.8) is 0 Å². The average Bonchev–Trinajstić information content (AvgIpc) is 2.82. The number of ether oxygens (including phenoxy) is 2. The molecule has 2 unspecified atom stereocenters. The molecule has 1 saturated heterocycles. The van der Waals surface area contributed by atoms with Crippen LogP contribution in [0.1, 0.15) is 43.6 Å². The number of piperidine rings is 1. The maximum Gasteiger partial charge on any atom is 0.409 e. The largest absolute Gasteiger partial charge is 0.443 e. The molecule has 2 fully saturated rings. The molecule has 198 valence electrons. The van der Waals surface area contributed by atoms with Gasteiger partial charge in [0.05, 0.1) is 12.7 Å². The van der Waals surface area contributed by atoms with Crippen molar-refractivity contribution < 1.29 is 35.9 Å². The third-order valence-electron chi connectivity index (χ3n) is 6.65. The molecule has 3 rings (SSSR count). The molecule has 1 saturated carbocycles. The molecule has 35 heavy (non-hydrogen) atoms. The van der Waals surface area contributed by atoms with Gasteiger partial charge in [-0.2, -0.15) is 17.4 Å². The molecule has 1 aliphatic heterocycles. The molecule has 1 aliphatic carbocycles. The molecule has 1 aromatic rings. The Morgan fingerprint density at radius 1 is 1.20 bits per heavy atom. The number of rotatable bonds is 9. The predicted octanol–water partition coefficient (Wildman–Crippen LogP) is 3.36. The lowest BCUT2D eigenvalue weighted by Crippen LogP contribution is -2.55. The SMILES string of the molecule is CN(C)S(=O)(=O)NC1CCN(C(=O)OCC(F)F)CC1CO[C@H]1CC[C@@H](c2cccc(F)c2)CC1. The fraction of sp³-hybridized carbons (Fsp3) is 0.696. The van der Waals surface area contributed by atoms with Crippen molar-refractivity contribution >= 4 is 16.3 Å². The molecule has 1 heterocycles. The van der Waals surface area contributed by atoms with E-state index >= 15 is 0 Å². The van der Waals surface area contributed by atoms with Gasteiger partial charge in [0.2, 0.25) is 0 Å². The minimum absolute atomic E-state index is 0.0351. The van der Waals surface area contributed by atoms with E-state index in [1.807, 2.05) is 6.07 Å². The number of benzene rings is 1. The van der Waals surface area contributed by atoms with E-state index in [-0.39, 0.29) is 43.5 Å². The Labute approximate surface area is 204 Å². The van der Waals surface area contributed by atoms with Crippen LogP contribution in [-0.4, -0.2) is 82.7 Å². The summed E-state index contributed by atoms with van der Waals surface area (Å²) in [5.41, 5.74) is 0.979.